The van der Waals surface area contributed by atoms with Gasteiger partial charge in [-0.15, -0.1) is 0 Å². The number of hydrogen-bond acceptors (Lipinski definition) is 4. The highest BCUT2D eigenvalue weighted by Crippen LogP contribution is 2.08. The lowest BCUT2D eigenvalue weighted by Crippen LogP contribution is -2.51. The summed E-state index contributed by atoms with van der Waals surface area (Å²) in [5, 5.41) is 14.8. The van der Waals surface area contributed by atoms with Gasteiger partial charge in [0.15, 0.2) is 5.76 Å². The number of benzene rings is 1. The molecule has 0 bridgehead atoms. The second-order valence-corrected chi connectivity index (χ2v) is 6.15. The summed E-state index contributed by atoms with van der Waals surface area (Å²) in [7, 11) is 0. The highest BCUT2D eigenvalue weighted by molar-refractivity contribution is 5.95. The minimum absolute atomic E-state index is 0.0243. The van der Waals surface area contributed by atoms with E-state index in [9.17, 15) is 14.7 Å². The monoisotopic (exact) mass is 344 g/mol. The third kappa shape index (κ3) is 5.46. The fourth-order valence-electron chi connectivity index (χ4n) is 2.32. The van der Waals surface area contributed by atoms with Crippen molar-refractivity contribution in [1.29, 1.82) is 0 Å². The van der Waals surface area contributed by atoms with Gasteiger partial charge in [-0.3, -0.25) is 9.59 Å². The van der Waals surface area contributed by atoms with Crippen LogP contribution >= 0.6 is 0 Å². The molecule has 3 N–H and O–H groups in total. The molecule has 0 fully saturated rings. The van der Waals surface area contributed by atoms with Crippen LogP contribution in [-0.2, 0) is 11.2 Å². The van der Waals surface area contributed by atoms with E-state index in [4.69, 9.17) is 4.42 Å². The topological polar surface area (TPSA) is 91.6 Å². The van der Waals surface area contributed by atoms with Crippen LogP contribution in [0.4, 0.5) is 0 Å². The molecule has 0 saturated heterocycles. The van der Waals surface area contributed by atoms with E-state index < -0.39 is 11.9 Å². The molecule has 1 aromatic carbocycles. The van der Waals surface area contributed by atoms with Crippen molar-refractivity contribution >= 4 is 11.8 Å². The van der Waals surface area contributed by atoms with Crippen molar-refractivity contribution in [3.63, 3.8) is 0 Å². The second-order valence-electron chi connectivity index (χ2n) is 6.15. The molecule has 2 aromatic rings. The Balaban J connectivity index is 2.10. The molecule has 0 aliphatic heterocycles. The number of nitrogens with one attached hydrogen (secondary N) is 2. The van der Waals surface area contributed by atoms with E-state index in [1.807, 2.05) is 44.2 Å². The molecular formula is C19H24N2O4. The Labute approximate surface area is 147 Å². The minimum atomic E-state index is -0.742. The Morgan fingerprint density at radius 2 is 1.80 bits per heavy atom. The van der Waals surface area contributed by atoms with Gasteiger partial charge in [0, 0.05) is 19.1 Å². The first kappa shape index (κ1) is 18.7. The zero-order valence-corrected chi connectivity index (χ0v) is 14.4. The Morgan fingerprint density at radius 1 is 1.08 bits per heavy atom. The van der Waals surface area contributed by atoms with Crippen LogP contribution in [0.5, 0.6) is 0 Å². The molecule has 0 aliphatic rings. The van der Waals surface area contributed by atoms with Gasteiger partial charge in [0.1, 0.15) is 6.04 Å². The number of rotatable bonds is 8. The molecule has 1 aromatic heterocycles. The molecule has 2 rings (SSSR count). The standard InChI is InChI=1S/C19H24N2O4/c1-13(12-22)14(2)20-18(23)16(11-15-7-4-3-5-8-15)21-19(24)17-9-6-10-25-17/h3-10,13-14,16,22H,11-12H2,1-2H3,(H,20,23)(H,21,24). The molecule has 3 atom stereocenters. The van der Waals surface area contributed by atoms with Gasteiger partial charge in [-0.1, -0.05) is 37.3 Å². The predicted molar refractivity (Wildman–Crippen MR) is 94.0 cm³/mol. The molecule has 6 nitrogen and oxygen atoms in total. The Morgan fingerprint density at radius 3 is 2.40 bits per heavy atom. The van der Waals surface area contributed by atoms with Crippen molar-refractivity contribution in [2.45, 2.75) is 32.4 Å². The molecule has 25 heavy (non-hydrogen) atoms. The van der Waals surface area contributed by atoms with Crippen LogP contribution in [0, 0.1) is 5.92 Å². The van der Waals surface area contributed by atoms with Crippen molar-refractivity contribution < 1.29 is 19.1 Å². The highest BCUT2D eigenvalue weighted by atomic mass is 16.3. The van der Waals surface area contributed by atoms with Gasteiger partial charge in [0.2, 0.25) is 5.91 Å². The molecular weight excluding hydrogens is 320 g/mol. The third-order valence-electron chi connectivity index (χ3n) is 4.16. The minimum Gasteiger partial charge on any atom is -0.459 e. The Bertz CT molecular complexity index is 670. The number of aliphatic hydroxyl groups excluding tert-OH is 1. The average Bonchev–Trinajstić information content (AvgIpc) is 3.16. The zero-order chi connectivity index (χ0) is 18.2. The first-order chi connectivity index (χ1) is 12.0. The zero-order valence-electron chi connectivity index (χ0n) is 14.4. The number of aliphatic hydroxyl groups is 1. The lowest BCUT2D eigenvalue weighted by atomic mass is 10.0. The van der Waals surface area contributed by atoms with E-state index in [1.54, 1.807) is 12.1 Å². The van der Waals surface area contributed by atoms with E-state index in [2.05, 4.69) is 10.6 Å². The van der Waals surface area contributed by atoms with Gasteiger partial charge < -0.3 is 20.2 Å². The van der Waals surface area contributed by atoms with E-state index in [1.165, 1.54) is 6.26 Å². The van der Waals surface area contributed by atoms with Crippen LogP contribution in [0.1, 0.15) is 30.0 Å². The Kier molecular flexibility index (Phi) is 6.77. The van der Waals surface area contributed by atoms with Crippen LogP contribution in [0.3, 0.4) is 0 Å². The normalized spacial score (nSPS) is 14.4. The number of amides is 2. The summed E-state index contributed by atoms with van der Waals surface area (Å²) in [5.74, 6) is -0.662. The molecule has 1 heterocycles. The van der Waals surface area contributed by atoms with E-state index in [0.717, 1.165) is 5.56 Å². The van der Waals surface area contributed by atoms with Crippen molar-refractivity contribution in [2.24, 2.45) is 5.92 Å². The first-order valence-corrected chi connectivity index (χ1v) is 8.30. The maximum absolute atomic E-state index is 12.6. The molecule has 0 aliphatic carbocycles. The van der Waals surface area contributed by atoms with Crippen LogP contribution in [0.2, 0.25) is 0 Å². The number of furan rings is 1. The summed E-state index contributed by atoms with van der Waals surface area (Å²) >= 11 is 0. The summed E-state index contributed by atoms with van der Waals surface area (Å²) < 4.78 is 5.09. The molecule has 0 saturated carbocycles. The SMILES string of the molecule is CC(CO)C(C)NC(=O)C(Cc1ccccc1)NC(=O)c1ccco1. The maximum Gasteiger partial charge on any atom is 0.287 e. The molecule has 134 valence electrons. The maximum atomic E-state index is 12.6. The van der Waals surface area contributed by atoms with Gasteiger partial charge in [-0.2, -0.15) is 0 Å². The fraction of sp³-hybridized carbons (Fsp3) is 0.368. The van der Waals surface area contributed by atoms with Crippen LogP contribution < -0.4 is 10.6 Å². The van der Waals surface area contributed by atoms with Crippen LogP contribution in [-0.4, -0.2) is 35.6 Å². The summed E-state index contributed by atoms with van der Waals surface area (Å²) in [5.41, 5.74) is 0.935. The van der Waals surface area contributed by atoms with Crippen molar-refractivity contribution in [3.8, 4) is 0 Å². The average molecular weight is 344 g/mol. The van der Waals surface area contributed by atoms with E-state index in [0.29, 0.717) is 6.42 Å². The number of hydrogen-bond donors (Lipinski definition) is 3. The molecule has 3 unspecified atom stereocenters. The molecule has 2 amide bonds. The highest BCUT2D eigenvalue weighted by Gasteiger charge is 2.25. The van der Waals surface area contributed by atoms with Crippen molar-refractivity contribution in [3.05, 3.63) is 60.1 Å². The largest absolute Gasteiger partial charge is 0.459 e. The van der Waals surface area contributed by atoms with Gasteiger partial charge in [-0.25, -0.2) is 0 Å². The lowest BCUT2D eigenvalue weighted by molar-refractivity contribution is -0.124. The van der Waals surface area contributed by atoms with Crippen LogP contribution in [0.15, 0.2) is 53.1 Å². The Hall–Kier alpha value is -2.60. The van der Waals surface area contributed by atoms with Gasteiger partial charge >= 0.3 is 0 Å². The van der Waals surface area contributed by atoms with Crippen molar-refractivity contribution in [2.75, 3.05) is 6.61 Å². The number of carbonyl (C=O) groups is 2. The molecule has 6 heteroatoms. The summed E-state index contributed by atoms with van der Waals surface area (Å²) in [6.45, 7) is 3.65. The van der Waals surface area contributed by atoms with E-state index >= 15 is 0 Å². The van der Waals surface area contributed by atoms with Crippen molar-refractivity contribution in [1.82, 2.24) is 10.6 Å². The third-order valence-corrected chi connectivity index (χ3v) is 4.16. The number of carbonyl (C=O) groups excluding carboxylic acids is 2. The molecule has 0 radical (unpaired) electrons. The fourth-order valence-corrected chi connectivity index (χ4v) is 2.32. The van der Waals surface area contributed by atoms with Gasteiger partial charge in [0.05, 0.1) is 6.26 Å². The lowest BCUT2D eigenvalue weighted by Gasteiger charge is -2.24. The second kappa shape index (κ2) is 9.03. The summed E-state index contributed by atoms with van der Waals surface area (Å²) in [4.78, 5) is 24.9. The quantitative estimate of drug-likeness (QED) is 0.680. The van der Waals surface area contributed by atoms with Crippen LogP contribution in [0.25, 0.3) is 0 Å². The summed E-state index contributed by atoms with van der Waals surface area (Å²) in [6, 6.07) is 11.7. The predicted octanol–water partition coefficient (Wildman–Crippen LogP) is 1.75. The van der Waals surface area contributed by atoms with Gasteiger partial charge in [0.25, 0.3) is 5.91 Å². The smallest absolute Gasteiger partial charge is 0.287 e. The first-order valence-electron chi connectivity index (χ1n) is 8.30. The molecule has 0 spiro atoms. The van der Waals surface area contributed by atoms with E-state index in [-0.39, 0.29) is 30.2 Å². The summed E-state index contributed by atoms with van der Waals surface area (Å²) in [6.07, 6.45) is 1.77. The van der Waals surface area contributed by atoms with Gasteiger partial charge in [-0.05, 0) is 30.5 Å².